The number of nitrogens with two attached hydrogens (primary N) is 1. The van der Waals surface area contributed by atoms with Gasteiger partial charge < -0.3 is 15.5 Å². The number of likely N-dealkylation sites (tertiary alicyclic amines) is 1. The van der Waals surface area contributed by atoms with Crippen LogP contribution < -0.4 is 5.73 Å². The molecule has 2 N–H and O–H groups in total. The van der Waals surface area contributed by atoms with Gasteiger partial charge in [-0.25, -0.2) is 8.42 Å². The average molecular weight is 548 g/mol. The molecule has 198 valence electrons. The van der Waals surface area contributed by atoms with Gasteiger partial charge in [0.2, 0.25) is 27.7 Å². The zero-order valence-corrected chi connectivity index (χ0v) is 22.5. The number of carbonyl (C=O) groups is 3. The van der Waals surface area contributed by atoms with E-state index in [0.717, 1.165) is 9.69 Å². The van der Waals surface area contributed by atoms with Crippen molar-refractivity contribution < 1.29 is 22.8 Å². The van der Waals surface area contributed by atoms with Crippen LogP contribution in [0.2, 0.25) is 5.02 Å². The summed E-state index contributed by atoms with van der Waals surface area (Å²) in [6.45, 7) is 4.86. The Kier molecular flexibility index (Phi) is 8.79. The minimum atomic E-state index is -4.30. The highest BCUT2D eigenvalue weighted by Gasteiger charge is 2.45. The molecule has 0 unspecified atom stereocenters. The molecule has 0 bridgehead atoms. The first-order valence-corrected chi connectivity index (χ1v) is 13.7. The molecule has 3 rings (SSSR count). The summed E-state index contributed by atoms with van der Waals surface area (Å²) in [4.78, 5) is 41.2. The highest BCUT2D eigenvalue weighted by molar-refractivity contribution is 7.89. The smallest absolute Gasteiger partial charge is 0.245 e. The average Bonchev–Trinajstić information content (AvgIpc) is 3.21. The van der Waals surface area contributed by atoms with Crippen molar-refractivity contribution in [3.63, 3.8) is 0 Å². The molecule has 0 aromatic heterocycles. The maximum atomic E-state index is 13.7. The number of hydrogen-bond donors (Lipinski definition) is 1. The Hall–Kier alpha value is -3.20. The van der Waals surface area contributed by atoms with E-state index in [1.54, 1.807) is 31.2 Å². The molecule has 2 atom stereocenters. The SMILES string of the molecule is CC(C)N(CCC#N)C(=O)[C@H](C)N1CC[C@H](N(CC(N)=O)S(=O)(=O)c2ccc3cc(Cl)ccc3c2)C1=O. The van der Waals surface area contributed by atoms with Gasteiger partial charge in [0.15, 0.2) is 0 Å². The van der Waals surface area contributed by atoms with Crippen molar-refractivity contribution in [1.29, 1.82) is 5.26 Å². The van der Waals surface area contributed by atoms with E-state index in [-0.39, 0.29) is 42.8 Å². The van der Waals surface area contributed by atoms with Crippen molar-refractivity contribution in [3.05, 3.63) is 41.4 Å². The summed E-state index contributed by atoms with van der Waals surface area (Å²) in [5.41, 5.74) is 5.38. The molecule has 0 spiro atoms. The lowest BCUT2D eigenvalue weighted by molar-refractivity contribution is -0.145. The summed E-state index contributed by atoms with van der Waals surface area (Å²) < 4.78 is 28.1. The van der Waals surface area contributed by atoms with E-state index >= 15 is 0 Å². The normalized spacial score (nSPS) is 16.8. The summed E-state index contributed by atoms with van der Waals surface area (Å²) in [5.74, 6) is -1.83. The predicted molar refractivity (Wildman–Crippen MR) is 139 cm³/mol. The molecule has 3 amide bonds. The van der Waals surface area contributed by atoms with Crippen LogP contribution in [0, 0.1) is 11.3 Å². The fourth-order valence-electron chi connectivity index (χ4n) is 4.51. The number of benzene rings is 2. The number of carbonyl (C=O) groups excluding carboxylic acids is 3. The summed E-state index contributed by atoms with van der Waals surface area (Å²) in [6, 6.07) is 9.21. The quantitative estimate of drug-likeness (QED) is 0.482. The first-order chi connectivity index (χ1) is 17.4. The largest absolute Gasteiger partial charge is 0.369 e. The molecule has 1 heterocycles. The zero-order chi connectivity index (χ0) is 27.5. The number of fused-ring (bicyclic) bond motifs is 1. The number of nitrogens with zero attached hydrogens (tertiary/aromatic N) is 4. The molecule has 2 aromatic rings. The maximum absolute atomic E-state index is 13.7. The fraction of sp³-hybridized carbons (Fsp3) is 0.440. The molecular weight excluding hydrogens is 518 g/mol. The van der Waals surface area contributed by atoms with Crippen LogP contribution in [0.4, 0.5) is 0 Å². The van der Waals surface area contributed by atoms with Crippen LogP contribution in [0.5, 0.6) is 0 Å². The van der Waals surface area contributed by atoms with Gasteiger partial charge in [0.25, 0.3) is 0 Å². The van der Waals surface area contributed by atoms with Gasteiger partial charge in [-0.3, -0.25) is 14.4 Å². The van der Waals surface area contributed by atoms with Crippen LogP contribution >= 0.6 is 11.6 Å². The van der Waals surface area contributed by atoms with Gasteiger partial charge in [-0.1, -0.05) is 23.7 Å². The van der Waals surface area contributed by atoms with Crippen LogP contribution in [-0.2, 0) is 24.4 Å². The maximum Gasteiger partial charge on any atom is 0.245 e. The number of rotatable bonds is 10. The third-order valence-corrected chi connectivity index (χ3v) is 8.53. The van der Waals surface area contributed by atoms with Crippen molar-refractivity contribution in [3.8, 4) is 6.07 Å². The topological polar surface area (TPSA) is 145 Å². The van der Waals surface area contributed by atoms with Gasteiger partial charge in [-0.05, 0) is 62.2 Å². The Morgan fingerprint density at radius 3 is 2.46 bits per heavy atom. The standard InChI is InChI=1S/C25H30ClN5O5S/c1-16(2)29(11-4-10-27)24(33)17(3)30-12-9-22(25(30)34)31(15-23(28)32)37(35,36)21-8-6-18-13-20(26)7-5-19(18)14-21/h5-8,13-14,16-17,22H,4,9,11-12,15H2,1-3H3,(H2,28,32)/t17-,22-/m0/s1. The summed E-state index contributed by atoms with van der Waals surface area (Å²) in [5, 5.41) is 10.8. The lowest BCUT2D eigenvalue weighted by atomic mass is 10.1. The molecule has 0 radical (unpaired) electrons. The molecule has 37 heavy (non-hydrogen) atoms. The number of primary amides is 1. The molecule has 1 aliphatic rings. The second kappa shape index (κ2) is 11.5. The third-order valence-electron chi connectivity index (χ3n) is 6.45. The summed E-state index contributed by atoms with van der Waals surface area (Å²) in [6.07, 6.45) is 0.238. The van der Waals surface area contributed by atoms with Crippen molar-refractivity contribution in [2.75, 3.05) is 19.6 Å². The summed E-state index contributed by atoms with van der Waals surface area (Å²) >= 11 is 6.02. The highest BCUT2D eigenvalue weighted by atomic mass is 35.5. The van der Waals surface area contributed by atoms with E-state index < -0.39 is 40.5 Å². The molecule has 1 fully saturated rings. The molecular formula is C25H30ClN5O5S. The Morgan fingerprint density at radius 1 is 1.19 bits per heavy atom. The molecule has 10 nitrogen and oxygen atoms in total. The van der Waals surface area contributed by atoms with Gasteiger partial charge in [-0.2, -0.15) is 9.57 Å². The third kappa shape index (κ3) is 6.04. The van der Waals surface area contributed by atoms with Crippen LogP contribution in [0.1, 0.15) is 33.6 Å². The van der Waals surface area contributed by atoms with Gasteiger partial charge in [-0.15, -0.1) is 0 Å². The number of hydrogen-bond acceptors (Lipinski definition) is 6. The molecule has 12 heteroatoms. The Morgan fingerprint density at radius 2 is 1.84 bits per heavy atom. The molecule has 1 saturated heterocycles. The van der Waals surface area contributed by atoms with Crippen molar-refractivity contribution >= 4 is 50.1 Å². The first-order valence-electron chi connectivity index (χ1n) is 11.9. The van der Waals surface area contributed by atoms with Crippen LogP contribution in [0.15, 0.2) is 41.3 Å². The molecule has 0 saturated carbocycles. The van der Waals surface area contributed by atoms with E-state index in [1.165, 1.54) is 21.9 Å². The molecule has 2 aromatic carbocycles. The van der Waals surface area contributed by atoms with E-state index in [4.69, 9.17) is 22.6 Å². The Bertz CT molecular complexity index is 1360. The number of halogens is 1. The van der Waals surface area contributed by atoms with E-state index in [0.29, 0.717) is 10.4 Å². The Balaban J connectivity index is 1.91. The lowest BCUT2D eigenvalue weighted by Gasteiger charge is -2.33. The number of amides is 3. The number of sulfonamides is 1. The van der Waals surface area contributed by atoms with Crippen LogP contribution in [0.3, 0.4) is 0 Å². The predicted octanol–water partition coefficient (Wildman–Crippen LogP) is 2.11. The minimum absolute atomic E-state index is 0.0893. The molecule has 0 aliphatic carbocycles. The monoisotopic (exact) mass is 547 g/mol. The van der Waals surface area contributed by atoms with E-state index in [9.17, 15) is 22.8 Å². The van der Waals surface area contributed by atoms with Crippen molar-refractivity contribution in [1.82, 2.24) is 14.1 Å². The van der Waals surface area contributed by atoms with Gasteiger partial charge in [0.05, 0.1) is 23.9 Å². The van der Waals surface area contributed by atoms with Crippen molar-refractivity contribution in [2.45, 2.75) is 56.6 Å². The molecule has 1 aliphatic heterocycles. The van der Waals surface area contributed by atoms with Crippen molar-refractivity contribution in [2.24, 2.45) is 5.73 Å². The second-order valence-corrected chi connectivity index (χ2v) is 11.5. The minimum Gasteiger partial charge on any atom is -0.369 e. The highest BCUT2D eigenvalue weighted by Crippen LogP contribution is 2.29. The van der Waals surface area contributed by atoms with E-state index in [2.05, 4.69) is 0 Å². The fourth-order valence-corrected chi connectivity index (χ4v) is 6.31. The van der Waals surface area contributed by atoms with Gasteiger partial charge in [0.1, 0.15) is 12.1 Å². The summed E-state index contributed by atoms with van der Waals surface area (Å²) in [7, 11) is -4.30. The van der Waals surface area contributed by atoms with E-state index in [1.807, 2.05) is 19.9 Å². The Labute approximate surface area is 221 Å². The lowest BCUT2D eigenvalue weighted by Crippen LogP contribution is -2.53. The van der Waals surface area contributed by atoms with Gasteiger partial charge >= 0.3 is 0 Å². The first kappa shape index (κ1) is 28.4. The number of nitriles is 1. The second-order valence-electron chi connectivity index (χ2n) is 9.22. The van der Waals surface area contributed by atoms with Gasteiger partial charge in [0, 0.05) is 24.2 Å². The van der Waals surface area contributed by atoms with Crippen LogP contribution in [0.25, 0.3) is 10.8 Å². The zero-order valence-electron chi connectivity index (χ0n) is 20.9. The van der Waals surface area contributed by atoms with Crippen LogP contribution in [-0.4, -0.2) is 78.0 Å².